The molecule has 8 unspecified atom stereocenters. The van der Waals surface area contributed by atoms with Crippen LogP contribution in [0, 0.1) is 0 Å². The molecule has 74 heavy (non-hydrogen) atoms. The Morgan fingerprint density at radius 3 is 1.46 bits per heavy atom. The average molecular weight is 1040 g/mol. The molecule has 8 atom stereocenters. The van der Waals surface area contributed by atoms with Crippen molar-refractivity contribution in [3.05, 3.63) is 60.8 Å². The Bertz CT molecular complexity index is 1430. The number of nitrogens with one attached hydrogen (secondary N) is 1. The normalized spacial score (nSPS) is 19.7. The van der Waals surface area contributed by atoms with Gasteiger partial charge in [-0.25, -0.2) is 0 Å². The first kappa shape index (κ1) is 69.4. The maximum Gasteiger partial charge on any atom is 0.306 e. The minimum absolute atomic E-state index is 0.0772. The third-order valence-corrected chi connectivity index (χ3v) is 14.3. The van der Waals surface area contributed by atoms with Gasteiger partial charge in [-0.1, -0.05) is 274 Å². The molecule has 6 N–H and O–H groups in total. The fourth-order valence-electron chi connectivity index (χ4n) is 9.43. The Morgan fingerprint density at radius 1 is 0.541 bits per heavy atom. The molecule has 11 heteroatoms. The van der Waals surface area contributed by atoms with E-state index in [1.807, 2.05) is 42.5 Å². The molecular formula is C63H113NO10. The van der Waals surface area contributed by atoms with E-state index in [0.717, 1.165) is 64.2 Å². The largest absolute Gasteiger partial charge is 0.454 e. The van der Waals surface area contributed by atoms with E-state index in [-0.39, 0.29) is 13.0 Å². The lowest BCUT2D eigenvalue weighted by atomic mass is 9.99. The summed E-state index contributed by atoms with van der Waals surface area (Å²) in [5, 5.41) is 56.9. The summed E-state index contributed by atoms with van der Waals surface area (Å²) >= 11 is 0. The molecule has 0 aliphatic carbocycles. The number of amides is 1. The quantitative estimate of drug-likeness (QED) is 0.0149. The summed E-state index contributed by atoms with van der Waals surface area (Å²) in [5.74, 6) is -1.23. The molecule has 0 saturated carbocycles. The second-order valence-electron chi connectivity index (χ2n) is 21.2. The second kappa shape index (κ2) is 51.1. The van der Waals surface area contributed by atoms with Crippen molar-refractivity contribution in [2.45, 2.75) is 314 Å². The molecule has 0 aromatic carbocycles. The molecule has 1 rings (SSSR count). The summed E-state index contributed by atoms with van der Waals surface area (Å²) in [6.07, 6.45) is 52.7. The Balaban J connectivity index is 2.68. The van der Waals surface area contributed by atoms with Crippen molar-refractivity contribution in [3.8, 4) is 0 Å². The molecule has 1 amide bonds. The number of allylic oxidation sites excluding steroid dienone is 9. The molecule has 430 valence electrons. The van der Waals surface area contributed by atoms with Crippen molar-refractivity contribution >= 4 is 11.9 Å². The van der Waals surface area contributed by atoms with Crippen molar-refractivity contribution in [1.82, 2.24) is 5.32 Å². The topological polar surface area (TPSA) is 175 Å². The van der Waals surface area contributed by atoms with Crippen LogP contribution in [-0.4, -0.2) is 99.6 Å². The lowest BCUT2D eigenvalue weighted by molar-refractivity contribution is -0.305. The third kappa shape index (κ3) is 38.8. The van der Waals surface area contributed by atoms with E-state index >= 15 is 0 Å². The minimum Gasteiger partial charge on any atom is -0.454 e. The highest BCUT2D eigenvalue weighted by molar-refractivity contribution is 5.80. The number of hydrogen-bond acceptors (Lipinski definition) is 10. The predicted octanol–water partition coefficient (Wildman–Crippen LogP) is 14.2. The number of carbonyl (C=O) groups excluding carboxylic acids is 2. The van der Waals surface area contributed by atoms with Crippen molar-refractivity contribution in [1.29, 1.82) is 0 Å². The van der Waals surface area contributed by atoms with Gasteiger partial charge in [0.2, 0.25) is 5.91 Å². The predicted molar refractivity (Wildman–Crippen MR) is 306 cm³/mol. The molecule has 0 bridgehead atoms. The first-order valence-electron chi connectivity index (χ1n) is 30.6. The molecule has 1 aliphatic rings. The Hall–Kier alpha value is -2.64. The summed E-state index contributed by atoms with van der Waals surface area (Å²) < 4.78 is 17.5. The fourth-order valence-corrected chi connectivity index (χ4v) is 9.43. The van der Waals surface area contributed by atoms with Gasteiger partial charge in [-0.05, 0) is 44.9 Å². The van der Waals surface area contributed by atoms with Gasteiger partial charge in [0, 0.05) is 6.42 Å². The SMILES string of the molecule is CC/C=C/C=C/C=C\C=C/CCCCCC(=O)OC1C(OCC(NC(=O)C(O)CCCCCCCCCCCCCCCCCCCCCC)C(O)/C=C/CCCCCCCCCCCC)OC(CO)C(O)C1O. The average Bonchev–Trinajstić information content (AvgIpc) is 3.40. The van der Waals surface area contributed by atoms with Crippen LogP contribution in [0.4, 0.5) is 0 Å². The van der Waals surface area contributed by atoms with Crippen LogP contribution in [0.3, 0.4) is 0 Å². The van der Waals surface area contributed by atoms with Crippen molar-refractivity contribution in [2.75, 3.05) is 13.2 Å². The number of rotatable bonds is 51. The molecule has 11 nitrogen and oxygen atoms in total. The first-order valence-corrected chi connectivity index (χ1v) is 30.6. The molecule has 1 saturated heterocycles. The van der Waals surface area contributed by atoms with E-state index < -0.39 is 67.4 Å². The zero-order chi connectivity index (χ0) is 54.0. The highest BCUT2D eigenvalue weighted by atomic mass is 16.7. The number of ether oxygens (including phenoxy) is 3. The molecule has 1 fully saturated rings. The van der Waals surface area contributed by atoms with Gasteiger partial charge < -0.3 is 45.1 Å². The zero-order valence-electron chi connectivity index (χ0n) is 47.5. The van der Waals surface area contributed by atoms with Crippen molar-refractivity contribution < 1.29 is 49.3 Å². The Kier molecular flexibility index (Phi) is 47.9. The summed E-state index contributed by atoms with van der Waals surface area (Å²) in [4.78, 5) is 26.5. The number of carbonyl (C=O) groups is 2. The lowest BCUT2D eigenvalue weighted by Crippen LogP contribution is -2.61. The van der Waals surface area contributed by atoms with Crippen molar-refractivity contribution in [2.24, 2.45) is 0 Å². The maximum atomic E-state index is 13.4. The van der Waals surface area contributed by atoms with E-state index in [0.29, 0.717) is 19.3 Å². The van der Waals surface area contributed by atoms with Crippen LogP contribution in [0.5, 0.6) is 0 Å². The Morgan fingerprint density at radius 2 is 0.973 bits per heavy atom. The van der Waals surface area contributed by atoms with Crippen LogP contribution in [0.15, 0.2) is 60.8 Å². The van der Waals surface area contributed by atoms with Gasteiger partial charge in [0.25, 0.3) is 0 Å². The van der Waals surface area contributed by atoms with E-state index in [1.54, 1.807) is 6.08 Å². The summed E-state index contributed by atoms with van der Waals surface area (Å²) in [5.41, 5.74) is 0. The molecule has 0 aromatic heterocycles. The monoisotopic (exact) mass is 1040 g/mol. The van der Waals surface area contributed by atoms with E-state index in [1.165, 1.54) is 154 Å². The number of aliphatic hydroxyl groups is 5. The van der Waals surface area contributed by atoms with Crippen LogP contribution in [0.1, 0.15) is 265 Å². The highest BCUT2D eigenvalue weighted by Crippen LogP contribution is 2.26. The van der Waals surface area contributed by atoms with E-state index in [9.17, 15) is 35.1 Å². The number of aliphatic hydroxyl groups excluding tert-OH is 5. The summed E-state index contributed by atoms with van der Waals surface area (Å²) in [6, 6.07) is -1.03. The van der Waals surface area contributed by atoms with Gasteiger partial charge >= 0.3 is 5.97 Å². The summed E-state index contributed by atoms with van der Waals surface area (Å²) in [6.45, 7) is 5.63. The summed E-state index contributed by atoms with van der Waals surface area (Å²) in [7, 11) is 0. The van der Waals surface area contributed by atoms with Crippen LogP contribution in [-0.2, 0) is 23.8 Å². The van der Waals surface area contributed by atoms with Gasteiger partial charge in [-0.2, -0.15) is 0 Å². The third-order valence-electron chi connectivity index (χ3n) is 14.3. The minimum atomic E-state index is -1.63. The molecule has 0 aromatic rings. The van der Waals surface area contributed by atoms with Crippen molar-refractivity contribution in [3.63, 3.8) is 0 Å². The first-order chi connectivity index (χ1) is 36.2. The fraction of sp³-hybridized carbons (Fsp3) is 0.810. The lowest BCUT2D eigenvalue weighted by Gasteiger charge is -2.41. The van der Waals surface area contributed by atoms with Gasteiger partial charge in [0.1, 0.15) is 24.4 Å². The van der Waals surface area contributed by atoms with Gasteiger partial charge in [0.05, 0.1) is 25.4 Å². The maximum absolute atomic E-state index is 13.4. The van der Waals surface area contributed by atoms with Crippen LogP contribution < -0.4 is 5.32 Å². The van der Waals surface area contributed by atoms with Gasteiger partial charge in [0.15, 0.2) is 12.4 Å². The Labute approximate surface area is 452 Å². The number of esters is 1. The molecule has 1 aliphatic heterocycles. The highest BCUT2D eigenvalue weighted by Gasteiger charge is 2.47. The smallest absolute Gasteiger partial charge is 0.306 e. The molecule has 0 radical (unpaired) electrons. The van der Waals surface area contributed by atoms with Crippen LogP contribution in [0.2, 0.25) is 0 Å². The molecule has 0 spiro atoms. The molecular weight excluding hydrogens is 931 g/mol. The van der Waals surface area contributed by atoms with Gasteiger partial charge in [-0.15, -0.1) is 0 Å². The van der Waals surface area contributed by atoms with E-state index in [2.05, 4.69) is 38.2 Å². The second-order valence-corrected chi connectivity index (χ2v) is 21.2. The van der Waals surface area contributed by atoms with Crippen LogP contribution >= 0.6 is 0 Å². The number of hydrogen-bond donors (Lipinski definition) is 6. The standard InChI is InChI=1S/C63H113NO10/c1-4-7-10-13-16-19-22-25-26-27-28-29-30-31-33-35-38-41-44-47-50-56(67)62(71)64-54(55(66)49-46-43-40-37-34-24-21-18-15-12-9-6-3)53-72-63-61(60(70)59(69)57(52-65)73-63)74-58(68)51-48-45-42-39-36-32-23-20-17-14-11-8-5-2/h8,11,14,17,20,23,32,36,46,49,54-57,59-61,63,65-67,69-70H,4-7,9-10,12-13,15-16,18-19,21-22,24-31,33-35,37-45,47-48,50-53H2,1-3H3,(H,64,71)/b11-8+,17-14+,23-20-,36-32-,49-46+. The molecule has 1 heterocycles. The van der Waals surface area contributed by atoms with Crippen LogP contribution in [0.25, 0.3) is 0 Å². The van der Waals surface area contributed by atoms with E-state index in [4.69, 9.17) is 14.2 Å². The zero-order valence-corrected chi connectivity index (χ0v) is 47.5. The number of unbranched alkanes of at least 4 members (excludes halogenated alkanes) is 32. The van der Waals surface area contributed by atoms with Gasteiger partial charge in [-0.3, -0.25) is 9.59 Å².